The van der Waals surface area contributed by atoms with Crippen molar-refractivity contribution in [3.63, 3.8) is 0 Å². The Hall–Kier alpha value is -2.30. The maximum atomic E-state index is 11.4. The molecule has 0 saturated carbocycles. The highest BCUT2D eigenvalue weighted by molar-refractivity contribution is 5.96. The topological polar surface area (TPSA) is 54.5 Å². The van der Waals surface area contributed by atoms with E-state index in [1.165, 1.54) is 5.69 Å². The number of nitrogens with one attached hydrogen (secondary N) is 1. The van der Waals surface area contributed by atoms with Gasteiger partial charge in [-0.1, -0.05) is 12.1 Å². The number of carbonyl (C=O) groups excluding carboxylic acids is 1. The van der Waals surface area contributed by atoms with Crippen molar-refractivity contribution in [2.45, 2.75) is 32.7 Å². The summed E-state index contributed by atoms with van der Waals surface area (Å²) in [6.45, 7) is 5.49. The lowest BCUT2D eigenvalue weighted by atomic mass is 10.0. The van der Waals surface area contributed by atoms with Crippen LogP contribution in [0.25, 0.3) is 10.9 Å². The summed E-state index contributed by atoms with van der Waals surface area (Å²) in [4.78, 5) is 18.3. The fourth-order valence-corrected chi connectivity index (χ4v) is 3.45. The van der Waals surface area contributed by atoms with Crippen molar-refractivity contribution in [1.29, 1.82) is 0 Å². The van der Waals surface area contributed by atoms with Crippen LogP contribution in [0.15, 0.2) is 24.4 Å². The Labute approximate surface area is 136 Å². The standard InChI is InChI=1S/C18H23N3O2/c1-12-10-19-17-15(7-4-8-16(17)23-3)18(12)21-9-5-6-14(11-21)20-13(2)22/h4,7-8,10,14H,5-6,9,11H2,1-3H3,(H,20,22)/t14-/m1/s1. The number of anilines is 1. The number of nitrogens with zero attached hydrogens (tertiary/aromatic N) is 2. The third-order valence-corrected chi connectivity index (χ3v) is 4.38. The number of rotatable bonds is 3. The van der Waals surface area contributed by atoms with E-state index in [0.717, 1.165) is 48.1 Å². The van der Waals surface area contributed by atoms with E-state index in [4.69, 9.17) is 4.74 Å². The lowest BCUT2D eigenvalue weighted by Crippen LogP contribution is -2.47. The molecule has 0 unspecified atom stereocenters. The van der Waals surface area contributed by atoms with Crippen LogP contribution in [-0.4, -0.2) is 37.1 Å². The Morgan fingerprint density at radius 1 is 1.43 bits per heavy atom. The largest absolute Gasteiger partial charge is 0.494 e. The number of para-hydroxylation sites is 1. The lowest BCUT2D eigenvalue weighted by molar-refractivity contribution is -0.119. The van der Waals surface area contributed by atoms with Gasteiger partial charge in [0.2, 0.25) is 5.91 Å². The number of benzene rings is 1. The fraction of sp³-hybridized carbons (Fsp3) is 0.444. The highest BCUT2D eigenvalue weighted by Crippen LogP contribution is 2.34. The zero-order chi connectivity index (χ0) is 16.4. The van der Waals surface area contributed by atoms with Crippen molar-refractivity contribution in [3.8, 4) is 5.75 Å². The molecule has 1 aliphatic rings. The van der Waals surface area contributed by atoms with Crippen LogP contribution < -0.4 is 15.0 Å². The zero-order valence-corrected chi connectivity index (χ0v) is 13.9. The van der Waals surface area contributed by atoms with Gasteiger partial charge in [0.1, 0.15) is 11.3 Å². The molecule has 1 aromatic heterocycles. The molecule has 23 heavy (non-hydrogen) atoms. The first-order chi connectivity index (χ1) is 11.1. The van der Waals surface area contributed by atoms with Gasteiger partial charge in [0.25, 0.3) is 0 Å². The molecule has 0 radical (unpaired) electrons. The maximum Gasteiger partial charge on any atom is 0.217 e. The number of piperidine rings is 1. The molecule has 0 bridgehead atoms. The highest BCUT2D eigenvalue weighted by Gasteiger charge is 2.23. The number of hydrogen-bond donors (Lipinski definition) is 1. The number of hydrogen-bond acceptors (Lipinski definition) is 4. The Bertz CT molecular complexity index is 730. The van der Waals surface area contributed by atoms with E-state index in [2.05, 4.69) is 28.2 Å². The Morgan fingerprint density at radius 3 is 3.00 bits per heavy atom. The van der Waals surface area contributed by atoms with Gasteiger partial charge in [0.15, 0.2) is 0 Å². The molecule has 122 valence electrons. The summed E-state index contributed by atoms with van der Waals surface area (Å²) >= 11 is 0. The normalized spacial score (nSPS) is 18.0. The molecule has 1 amide bonds. The summed E-state index contributed by atoms with van der Waals surface area (Å²) in [5.74, 6) is 0.828. The van der Waals surface area contributed by atoms with Gasteiger partial charge in [0.05, 0.1) is 12.8 Å². The van der Waals surface area contributed by atoms with Gasteiger partial charge in [-0.05, 0) is 31.4 Å². The van der Waals surface area contributed by atoms with Gasteiger partial charge in [-0.15, -0.1) is 0 Å². The van der Waals surface area contributed by atoms with Gasteiger partial charge < -0.3 is 15.0 Å². The molecular formula is C18H23N3O2. The molecule has 2 aromatic rings. The number of carbonyl (C=O) groups is 1. The van der Waals surface area contributed by atoms with Crippen LogP contribution in [0.4, 0.5) is 5.69 Å². The smallest absolute Gasteiger partial charge is 0.217 e. The molecule has 1 N–H and O–H groups in total. The van der Waals surface area contributed by atoms with E-state index in [9.17, 15) is 4.79 Å². The Balaban J connectivity index is 2.01. The van der Waals surface area contributed by atoms with Crippen LogP contribution in [0.2, 0.25) is 0 Å². The first-order valence-electron chi connectivity index (χ1n) is 8.04. The van der Waals surface area contributed by atoms with Gasteiger partial charge in [0, 0.05) is 37.6 Å². The van der Waals surface area contributed by atoms with Crippen molar-refractivity contribution in [1.82, 2.24) is 10.3 Å². The number of amides is 1. The average molecular weight is 313 g/mol. The van der Waals surface area contributed by atoms with E-state index in [1.54, 1.807) is 14.0 Å². The molecule has 1 aliphatic heterocycles. The molecule has 0 spiro atoms. The fourth-order valence-electron chi connectivity index (χ4n) is 3.45. The molecule has 3 rings (SSSR count). The van der Waals surface area contributed by atoms with Crippen molar-refractivity contribution in [3.05, 3.63) is 30.0 Å². The molecular weight excluding hydrogens is 290 g/mol. The first-order valence-corrected chi connectivity index (χ1v) is 8.04. The van der Waals surface area contributed by atoms with Crippen LogP contribution in [0.1, 0.15) is 25.3 Å². The Kier molecular flexibility index (Phi) is 4.37. The minimum Gasteiger partial charge on any atom is -0.494 e. The quantitative estimate of drug-likeness (QED) is 0.946. The maximum absolute atomic E-state index is 11.4. The van der Waals surface area contributed by atoms with Crippen LogP contribution in [-0.2, 0) is 4.79 Å². The summed E-state index contributed by atoms with van der Waals surface area (Å²) in [6.07, 6.45) is 4.00. The third-order valence-electron chi connectivity index (χ3n) is 4.38. The summed E-state index contributed by atoms with van der Waals surface area (Å²) in [5.41, 5.74) is 3.23. The van der Waals surface area contributed by atoms with E-state index >= 15 is 0 Å². The SMILES string of the molecule is COc1cccc2c(N3CCC[C@@H](NC(C)=O)C3)c(C)cnc12. The predicted octanol–water partition coefficient (Wildman–Crippen LogP) is 2.66. The van der Waals surface area contributed by atoms with Gasteiger partial charge in [-0.25, -0.2) is 0 Å². The van der Waals surface area contributed by atoms with Gasteiger partial charge in [-0.3, -0.25) is 9.78 Å². The third kappa shape index (κ3) is 3.09. The van der Waals surface area contributed by atoms with E-state index in [1.807, 2.05) is 18.3 Å². The van der Waals surface area contributed by atoms with Crippen LogP contribution in [0.3, 0.4) is 0 Å². The minimum atomic E-state index is 0.0369. The summed E-state index contributed by atoms with van der Waals surface area (Å²) in [6, 6.07) is 6.23. The second kappa shape index (κ2) is 6.44. The number of pyridine rings is 1. The first kappa shape index (κ1) is 15.6. The van der Waals surface area contributed by atoms with Crippen LogP contribution >= 0.6 is 0 Å². The Morgan fingerprint density at radius 2 is 2.26 bits per heavy atom. The minimum absolute atomic E-state index is 0.0369. The van der Waals surface area contributed by atoms with Crippen molar-refractivity contribution in [2.75, 3.05) is 25.1 Å². The van der Waals surface area contributed by atoms with E-state index < -0.39 is 0 Å². The van der Waals surface area contributed by atoms with Crippen molar-refractivity contribution < 1.29 is 9.53 Å². The molecule has 1 saturated heterocycles. The van der Waals surface area contributed by atoms with Crippen molar-refractivity contribution >= 4 is 22.5 Å². The highest BCUT2D eigenvalue weighted by atomic mass is 16.5. The van der Waals surface area contributed by atoms with Crippen LogP contribution in [0.5, 0.6) is 5.75 Å². The second-order valence-corrected chi connectivity index (χ2v) is 6.13. The van der Waals surface area contributed by atoms with Gasteiger partial charge in [-0.2, -0.15) is 0 Å². The second-order valence-electron chi connectivity index (χ2n) is 6.13. The molecule has 1 atom stereocenters. The van der Waals surface area contributed by atoms with Gasteiger partial charge >= 0.3 is 0 Å². The summed E-state index contributed by atoms with van der Waals surface area (Å²) in [5, 5.41) is 4.16. The summed E-state index contributed by atoms with van der Waals surface area (Å²) < 4.78 is 5.45. The number of ether oxygens (including phenoxy) is 1. The molecule has 0 aliphatic carbocycles. The number of fused-ring (bicyclic) bond motifs is 1. The molecule has 5 heteroatoms. The molecule has 1 fully saturated rings. The zero-order valence-electron chi connectivity index (χ0n) is 13.9. The number of aromatic nitrogens is 1. The average Bonchev–Trinajstić information content (AvgIpc) is 2.53. The predicted molar refractivity (Wildman–Crippen MR) is 92.1 cm³/mol. The van der Waals surface area contributed by atoms with E-state index in [-0.39, 0.29) is 11.9 Å². The van der Waals surface area contributed by atoms with Crippen molar-refractivity contribution in [2.24, 2.45) is 0 Å². The molecule has 5 nitrogen and oxygen atoms in total. The number of methoxy groups -OCH3 is 1. The monoisotopic (exact) mass is 313 g/mol. The number of aryl methyl sites for hydroxylation is 1. The lowest BCUT2D eigenvalue weighted by Gasteiger charge is -2.36. The molecule has 2 heterocycles. The van der Waals surface area contributed by atoms with Crippen LogP contribution in [0, 0.1) is 6.92 Å². The molecule has 1 aromatic carbocycles. The summed E-state index contributed by atoms with van der Waals surface area (Å²) in [7, 11) is 1.67. The van der Waals surface area contributed by atoms with E-state index in [0.29, 0.717) is 0 Å².